The molecule has 2 saturated heterocycles. The summed E-state index contributed by atoms with van der Waals surface area (Å²) in [5.74, 6) is -0.00180. The SMILES string of the molecule is CN1C2CCC1CN(C(=O)c1cc(O)ccc1Cl)CC2. The number of fused-ring (bicyclic) bond motifs is 2. The van der Waals surface area contributed by atoms with Crippen molar-refractivity contribution in [3.63, 3.8) is 0 Å². The van der Waals surface area contributed by atoms with E-state index in [4.69, 9.17) is 11.6 Å². The van der Waals surface area contributed by atoms with Crippen molar-refractivity contribution in [1.82, 2.24) is 9.80 Å². The fourth-order valence-electron chi connectivity index (χ4n) is 3.34. The minimum absolute atomic E-state index is 0.0752. The first-order valence-corrected chi connectivity index (χ1v) is 7.44. The molecule has 1 aromatic rings. The number of rotatable bonds is 1. The lowest BCUT2D eigenvalue weighted by Crippen LogP contribution is -2.39. The van der Waals surface area contributed by atoms with Crippen molar-refractivity contribution < 1.29 is 9.90 Å². The molecule has 0 aromatic heterocycles. The summed E-state index contributed by atoms with van der Waals surface area (Å²) in [4.78, 5) is 16.9. The molecule has 0 spiro atoms. The van der Waals surface area contributed by atoms with E-state index in [9.17, 15) is 9.90 Å². The first kappa shape index (κ1) is 13.7. The summed E-state index contributed by atoms with van der Waals surface area (Å²) >= 11 is 6.09. The van der Waals surface area contributed by atoms with Gasteiger partial charge in [0.25, 0.3) is 5.91 Å². The van der Waals surface area contributed by atoms with Crippen LogP contribution >= 0.6 is 11.6 Å². The average Bonchev–Trinajstić information content (AvgIpc) is 2.65. The van der Waals surface area contributed by atoms with Crippen LogP contribution in [0.5, 0.6) is 5.75 Å². The molecule has 108 valence electrons. The number of hydrogen-bond donors (Lipinski definition) is 1. The minimum Gasteiger partial charge on any atom is -0.508 e. The number of halogens is 1. The molecule has 1 N–H and O–H groups in total. The normalized spacial score (nSPS) is 26.6. The maximum absolute atomic E-state index is 12.6. The highest BCUT2D eigenvalue weighted by Crippen LogP contribution is 2.30. The van der Waals surface area contributed by atoms with Crippen molar-refractivity contribution in [1.29, 1.82) is 0 Å². The summed E-state index contributed by atoms with van der Waals surface area (Å²) in [7, 11) is 2.15. The van der Waals surface area contributed by atoms with Crippen LogP contribution in [0.15, 0.2) is 18.2 Å². The molecule has 20 heavy (non-hydrogen) atoms. The Balaban J connectivity index is 1.82. The predicted molar refractivity (Wildman–Crippen MR) is 78.2 cm³/mol. The van der Waals surface area contributed by atoms with E-state index >= 15 is 0 Å². The number of amides is 1. The molecule has 5 heteroatoms. The van der Waals surface area contributed by atoms with Gasteiger partial charge >= 0.3 is 0 Å². The maximum atomic E-state index is 12.6. The molecule has 2 bridgehead atoms. The summed E-state index contributed by atoms with van der Waals surface area (Å²) in [5, 5.41) is 9.95. The molecule has 1 amide bonds. The molecule has 4 nitrogen and oxygen atoms in total. The number of likely N-dealkylation sites (N-methyl/N-ethyl adjacent to an activating group) is 1. The van der Waals surface area contributed by atoms with Gasteiger partial charge in [0.15, 0.2) is 0 Å². The number of hydrogen-bond acceptors (Lipinski definition) is 3. The molecule has 2 heterocycles. The van der Waals surface area contributed by atoms with Crippen LogP contribution < -0.4 is 0 Å². The van der Waals surface area contributed by atoms with Crippen LogP contribution in [-0.2, 0) is 0 Å². The van der Waals surface area contributed by atoms with Gasteiger partial charge in [-0.1, -0.05) is 11.6 Å². The van der Waals surface area contributed by atoms with Crippen LogP contribution in [0.1, 0.15) is 29.6 Å². The Kier molecular flexibility index (Phi) is 3.61. The average molecular weight is 295 g/mol. The molecule has 0 radical (unpaired) electrons. The number of carbonyl (C=O) groups is 1. The van der Waals surface area contributed by atoms with Gasteiger partial charge in [-0.05, 0) is 44.5 Å². The number of carbonyl (C=O) groups excluding carboxylic acids is 1. The largest absolute Gasteiger partial charge is 0.508 e. The fourth-order valence-corrected chi connectivity index (χ4v) is 3.54. The van der Waals surface area contributed by atoms with Crippen LogP contribution in [0.25, 0.3) is 0 Å². The van der Waals surface area contributed by atoms with E-state index in [1.54, 1.807) is 6.07 Å². The standard InChI is InChI=1S/C15H19ClN2O2/c1-17-10-2-3-11(17)9-18(7-6-10)15(20)13-8-12(19)4-5-14(13)16/h4-5,8,10-11,19H,2-3,6-7,9H2,1H3. The third-order valence-corrected chi connectivity index (χ3v) is 4.95. The van der Waals surface area contributed by atoms with Gasteiger partial charge in [0.1, 0.15) is 5.75 Å². The summed E-state index contributed by atoms with van der Waals surface area (Å²) in [5.41, 5.74) is 0.395. The minimum atomic E-state index is -0.0770. The summed E-state index contributed by atoms with van der Waals surface area (Å²) in [6.45, 7) is 1.51. The molecule has 3 rings (SSSR count). The number of phenolic OH excluding ortho intramolecular Hbond substituents is 1. The molecule has 0 saturated carbocycles. The monoisotopic (exact) mass is 294 g/mol. The molecule has 1 aromatic carbocycles. The summed E-state index contributed by atoms with van der Waals surface area (Å²) < 4.78 is 0. The van der Waals surface area contributed by atoms with Crippen LogP contribution in [0.3, 0.4) is 0 Å². The quantitative estimate of drug-likeness (QED) is 0.865. The van der Waals surface area contributed by atoms with Crippen LogP contribution in [0.4, 0.5) is 0 Å². The lowest BCUT2D eigenvalue weighted by atomic mass is 10.1. The van der Waals surface area contributed by atoms with E-state index in [0.29, 0.717) is 22.7 Å². The van der Waals surface area contributed by atoms with Gasteiger partial charge in [-0.3, -0.25) is 9.69 Å². The number of phenols is 1. The number of aromatic hydroxyl groups is 1. The number of likely N-dealkylation sites (tertiary alicyclic amines) is 1. The maximum Gasteiger partial charge on any atom is 0.255 e. The molecular formula is C15H19ClN2O2. The Labute approximate surface area is 123 Å². The topological polar surface area (TPSA) is 43.8 Å². The van der Waals surface area contributed by atoms with Crippen LogP contribution in [0.2, 0.25) is 5.02 Å². The molecule has 2 fully saturated rings. The van der Waals surface area contributed by atoms with Gasteiger partial charge in [-0.2, -0.15) is 0 Å². The van der Waals surface area contributed by atoms with Crippen LogP contribution in [-0.4, -0.2) is 53.0 Å². The Morgan fingerprint density at radius 3 is 2.85 bits per heavy atom. The third-order valence-electron chi connectivity index (χ3n) is 4.62. The van der Waals surface area contributed by atoms with Gasteiger partial charge in [0.05, 0.1) is 10.6 Å². The lowest BCUT2D eigenvalue weighted by molar-refractivity contribution is 0.0740. The highest BCUT2D eigenvalue weighted by Gasteiger charge is 2.36. The highest BCUT2D eigenvalue weighted by atomic mass is 35.5. The van der Waals surface area contributed by atoms with E-state index < -0.39 is 0 Å². The van der Waals surface area contributed by atoms with Gasteiger partial charge < -0.3 is 10.0 Å². The summed E-state index contributed by atoms with van der Waals surface area (Å²) in [6.07, 6.45) is 3.39. The Hall–Kier alpha value is -1.26. The third kappa shape index (κ3) is 2.38. The van der Waals surface area contributed by atoms with Gasteiger partial charge in [0, 0.05) is 25.2 Å². The van der Waals surface area contributed by atoms with E-state index in [1.807, 2.05) is 4.90 Å². The zero-order chi connectivity index (χ0) is 14.3. The van der Waals surface area contributed by atoms with Crippen molar-refractivity contribution in [3.05, 3.63) is 28.8 Å². The van der Waals surface area contributed by atoms with E-state index in [2.05, 4.69) is 11.9 Å². The van der Waals surface area contributed by atoms with Crippen LogP contribution in [0, 0.1) is 0 Å². The fraction of sp³-hybridized carbons (Fsp3) is 0.533. The zero-order valence-electron chi connectivity index (χ0n) is 11.6. The number of benzene rings is 1. The Morgan fingerprint density at radius 1 is 1.30 bits per heavy atom. The highest BCUT2D eigenvalue weighted by molar-refractivity contribution is 6.33. The Morgan fingerprint density at radius 2 is 2.05 bits per heavy atom. The zero-order valence-corrected chi connectivity index (χ0v) is 12.3. The second-order valence-corrected chi connectivity index (χ2v) is 6.16. The van der Waals surface area contributed by atoms with E-state index in [-0.39, 0.29) is 11.7 Å². The molecule has 2 aliphatic heterocycles. The van der Waals surface area contributed by atoms with Crippen molar-refractivity contribution in [2.45, 2.75) is 31.3 Å². The van der Waals surface area contributed by atoms with Gasteiger partial charge in [-0.15, -0.1) is 0 Å². The second kappa shape index (κ2) is 5.26. The van der Waals surface area contributed by atoms with Crippen molar-refractivity contribution >= 4 is 17.5 Å². The van der Waals surface area contributed by atoms with E-state index in [0.717, 1.165) is 25.9 Å². The second-order valence-electron chi connectivity index (χ2n) is 5.75. The predicted octanol–water partition coefficient (Wildman–Crippen LogP) is 2.35. The van der Waals surface area contributed by atoms with Crippen molar-refractivity contribution in [3.8, 4) is 5.75 Å². The Bertz CT molecular complexity index is 535. The van der Waals surface area contributed by atoms with E-state index in [1.165, 1.54) is 18.6 Å². The molecule has 2 unspecified atom stereocenters. The smallest absolute Gasteiger partial charge is 0.255 e. The van der Waals surface area contributed by atoms with Crippen molar-refractivity contribution in [2.24, 2.45) is 0 Å². The molecular weight excluding hydrogens is 276 g/mol. The summed E-state index contributed by atoms with van der Waals surface area (Å²) in [6, 6.07) is 5.56. The molecule has 2 atom stereocenters. The number of nitrogens with zero attached hydrogens (tertiary/aromatic N) is 2. The first-order chi connectivity index (χ1) is 9.56. The van der Waals surface area contributed by atoms with Gasteiger partial charge in [0.2, 0.25) is 0 Å². The lowest BCUT2D eigenvalue weighted by Gasteiger charge is -2.26. The van der Waals surface area contributed by atoms with Crippen molar-refractivity contribution in [2.75, 3.05) is 20.1 Å². The van der Waals surface area contributed by atoms with Gasteiger partial charge in [-0.25, -0.2) is 0 Å². The molecule has 2 aliphatic rings. The molecule has 0 aliphatic carbocycles. The first-order valence-electron chi connectivity index (χ1n) is 7.06.